The van der Waals surface area contributed by atoms with E-state index in [2.05, 4.69) is 25.8 Å². The third-order valence-corrected chi connectivity index (χ3v) is 3.89. The smallest absolute Gasteiger partial charge is 0.409 e. The van der Waals surface area contributed by atoms with Crippen LogP contribution in [0, 0.1) is 6.92 Å². The largest absolute Gasteiger partial charge is 0.450 e. The quantitative estimate of drug-likeness (QED) is 0.851. The fraction of sp³-hybridized carbons (Fsp3) is 0.500. The topological polar surface area (TPSA) is 105 Å². The minimum atomic E-state index is -0.244. The molecule has 9 heteroatoms. The average molecular weight is 346 g/mol. The molecule has 0 aliphatic carbocycles. The highest BCUT2D eigenvalue weighted by molar-refractivity contribution is 5.67. The molecule has 0 unspecified atom stereocenters. The SMILES string of the molecule is CCOC(=O)N1CCC(Nc2nccc(Nc3cc(C)on3)n2)CC1. The average Bonchev–Trinajstić information content (AvgIpc) is 3.01. The summed E-state index contributed by atoms with van der Waals surface area (Å²) in [5.41, 5.74) is 0. The normalized spacial score (nSPS) is 15.0. The summed E-state index contributed by atoms with van der Waals surface area (Å²) in [5, 5.41) is 10.3. The molecule has 0 radical (unpaired) electrons. The van der Waals surface area contributed by atoms with Gasteiger partial charge in [-0.2, -0.15) is 4.98 Å². The van der Waals surface area contributed by atoms with Gasteiger partial charge in [-0.1, -0.05) is 5.16 Å². The second-order valence-electron chi connectivity index (χ2n) is 5.82. The third-order valence-electron chi connectivity index (χ3n) is 3.89. The highest BCUT2D eigenvalue weighted by Gasteiger charge is 2.23. The first-order valence-corrected chi connectivity index (χ1v) is 8.35. The van der Waals surface area contributed by atoms with Gasteiger partial charge in [0, 0.05) is 31.4 Å². The monoisotopic (exact) mass is 346 g/mol. The Hall–Kier alpha value is -2.84. The molecule has 0 bridgehead atoms. The molecule has 1 saturated heterocycles. The Labute approximate surface area is 145 Å². The van der Waals surface area contributed by atoms with Crippen molar-refractivity contribution in [3.8, 4) is 0 Å². The lowest BCUT2D eigenvalue weighted by Gasteiger charge is -2.31. The van der Waals surface area contributed by atoms with Crippen molar-refractivity contribution in [2.75, 3.05) is 30.3 Å². The number of aromatic nitrogens is 3. The number of nitrogens with one attached hydrogen (secondary N) is 2. The summed E-state index contributed by atoms with van der Waals surface area (Å²) in [5.74, 6) is 2.50. The van der Waals surface area contributed by atoms with Crippen molar-refractivity contribution in [2.45, 2.75) is 32.7 Å². The van der Waals surface area contributed by atoms with Crippen molar-refractivity contribution in [1.29, 1.82) is 0 Å². The molecule has 1 amide bonds. The van der Waals surface area contributed by atoms with Crippen molar-refractivity contribution in [2.24, 2.45) is 0 Å². The maximum absolute atomic E-state index is 11.7. The highest BCUT2D eigenvalue weighted by atomic mass is 16.6. The zero-order chi connectivity index (χ0) is 17.6. The van der Waals surface area contributed by atoms with E-state index < -0.39 is 0 Å². The van der Waals surface area contributed by atoms with Crippen LogP contribution in [0.1, 0.15) is 25.5 Å². The van der Waals surface area contributed by atoms with Crippen LogP contribution < -0.4 is 10.6 Å². The Morgan fingerprint density at radius 3 is 2.88 bits per heavy atom. The van der Waals surface area contributed by atoms with Crippen LogP contribution in [0.25, 0.3) is 0 Å². The van der Waals surface area contributed by atoms with Gasteiger partial charge in [-0.3, -0.25) is 0 Å². The zero-order valence-electron chi connectivity index (χ0n) is 14.4. The van der Waals surface area contributed by atoms with E-state index in [0.29, 0.717) is 37.3 Å². The van der Waals surface area contributed by atoms with Gasteiger partial charge >= 0.3 is 6.09 Å². The zero-order valence-corrected chi connectivity index (χ0v) is 14.4. The Balaban J connectivity index is 1.53. The second-order valence-corrected chi connectivity index (χ2v) is 5.82. The van der Waals surface area contributed by atoms with E-state index in [1.165, 1.54) is 0 Å². The molecule has 2 aromatic heterocycles. The molecule has 0 saturated carbocycles. The number of likely N-dealkylation sites (tertiary alicyclic amines) is 1. The molecule has 3 heterocycles. The van der Waals surface area contributed by atoms with Crippen LogP contribution in [-0.2, 0) is 4.74 Å². The number of anilines is 3. The molecule has 0 atom stereocenters. The molecule has 3 rings (SSSR count). The van der Waals surface area contributed by atoms with Gasteiger partial charge in [-0.25, -0.2) is 9.78 Å². The number of hydrogen-bond donors (Lipinski definition) is 2. The van der Waals surface area contributed by atoms with Crippen LogP contribution >= 0.6 is 0 Å². The Kier molecular flexibility index (Phi) is 5.32. The van der Waals surface area contributed by atoms with E-state index >= 15 is 0 Å². The van der Waals surface area contributed by atoms with Crippen LogP contribution in [0.2, 0.25) is 0 Å². The molecule has 2 N–H and O–H groups in total. The van der Waals surface area contributed by atoms with Gasteiger partial charge in [-0.15, -0.1) is 0 Å². The molecule has 0 aromatic carbocycles. The molecule has 134 valence electrons. The molecule has 1 aliphatic heterocycles. The Bertz CT molecular complexity index is 711. The molecular weight excluding hydrogens is 324 g/mol. The van der Waals surface area contributed by atoms with E-state index in [0.717, 1.165) is 18.6 Å². The number of aryl methyl sites for hydroxylation is 1. The lowest BCUT2D eigenvalue weighted by molar-refractivity contribution is 0.0983. The lowest BCUT2D eigenvalue weighted by atomic mass is 10.1. The minimum Gasteiger partial charge on any atom is -0.450 e. The van der Waals surface area contributed by atoms with Crippen molar-refractivity contribution in [3.63, 3.8) is 0 Å². The first-order valence-electron chi connectivity index (χ1n) is 8.35. The van der Waals surface area contributed by atoms with E-state index in [1.54, 1.807) is 23.2 Å². The standard InChI is InChI=1S/C16H22N6O3/c1-3-24-16(23)22-8-5-12(6-9-22)18-15-17-7-4-13(20-15)19-14-10-11(2)25-21-14/h4,7,10,12H,3,5-6,8-9H2,1-2H3,(H2,17,18,19,20,21). The van der Waals surface area contributed by atoms with Gasteiger partial charge in [0.1, 0.15) is 11.6 Å². The van der Waals surface area contributed by atoms with Gasteiger partial charge in [0.2, 0.25) is 5.95 Å². The molecule has 0 spiro atoms. The van der Waals surface area contributed by atoms with Crippen molar-refractivity contribution >= 4 is 23.7 Å². The number of piperidine rings is 1. The van der Waals surface area contributed by atoms with Crippen molar-refractivity contribution in [3.05, 3.63) is 24.1 Å². The minimum absolute atomic E-state index is 0.218. The van der Waals surface area contributed by atoms with Crippen molar-refractivity contribution in [1.82, 2.24) is 20.0 Å². The van der Waals surface area contributed by atoms with E-state index in [-0.39, 0.29) is 12.1 Å². The molecule has 9 nitrogen and oxygen atoms in total. The maximum atomic E-state index is 11.7. The van der Waals surface area contributed by atoms with Gasteiger partial charge in [0.15, 0.2) is 5.82 Å². The van der Waals surface area contributed by atoms with Crippen LogP contribution in [-0.4, -0.2) is 51.9 Å². The van der Waals surface area contributed by atoms with E-state index in [9.17, 15) is 4.79 Å². The Morgan fingerprint density at radius 2 is 2.20 bits per heavy atom. The highest BCUT2D eigenvalue weighted by Crippen LogP contribution is 2.18. The molecule has 25 heavy (non-hydrogen) atoms. The number of amides is 1. The first-order chi connectivity index (χ1) is 12.1. The van der Waals surface area contributed by atoms with Crippen molar-refractivity contribution < 1.29 is 14.1 Å². The number of carbonyl (C=O) groups excluding carboxylic acids is 1. The fourth-order valence-electron chi connectivity index (χ4n) is 2.66. The van der Waals surface area contributed by atoms with Gasteiger partial charge in [0.05, 0.1) is 6.61 Å². The van der Waals surface area contributed by atoms with Crippen LogP contribution in [0.3, 0.4) is 0 Å². The second kappa shape index (κ2) is 7.82. The molecule has 1 aliphatic rings. The number of rotatable bonds is 5. The number of ether oxygens (including phenoxy) is 1. The third kappa shape index (κ3) is 4.59. The molecule has 1 fully saturated rings. The predicted molar refractivity (Wildman–Crippen MR) is 91.8 cm³/mol. The summed E-state index contributed by atoms with van der Waals surface area (Å²) < 4.78 is 10.1. The molecule has 2 aromatic rings. The molecular formula is C16H22N6O3. The summed E-state index contributed by atoms with van der Waals surface area (Å²) in [6.07, 6.45) is 3.08. The van der Waals surface area contributed by atoms with E-state index in [4.69, 9.17) is 9.26 Å². The first kappa shape index (κ1) is 17.0. The van der Waals surface area contributed by atoms with Gasteiger partial charge in [0.25, 0.3) is 0 Å². The number of carbonyl (C=O) groups is 1. The summed E-state index contributed by atoms with van der Waals surface area (Å²) in [6, 6.07) is 3.77. The van der Waals surface area contributed by atoms with Crippen LogP contribution in [0.5, 0.6) is 0 Å². The lowest BCUT2D eigenvalue weighted by Crippen LogP contribution is -2.42. The number of hydrogen-bond acceptors (Lipinski definition) is 8. The van der Waals surface area contributed by atoms with Gasteiger partial charge < -0.3 is 24.8 Å². The summed E-state index contributed by atoms with van der Waals surface area (Å²) in [7, 11) is 0. The fourth-order valence-corrected chi connectivity index (χ4v) is 2.66. The Morgan fingerprint density at radius 1 is 1.40 bits per heavy atom. The predicted octanol–water partition coefficient (Wildman–Crippen LogP) is 2.55. The summed E-state index contributed by atoms with van der Waals surface area (Å²) in [4.78, 5) is 22.1. The maximum Gasteiger partial charge on any atom is 0.409 e. The van der Waals surface area contributed by atoms with Crippen LogP contribution in [0.4, 0.5) is 22.4 Å². The number of nitrogens with zero attached hydrogens (tertiary/aromatic N) is 4. The van der Waals surface area contributed by atoms with E-state index in [1.807, 2.05) is 13.8 Å². The summed E-state index contributed by atoms with van der Waals surface area (Å²) in [6.45, 7) is 5.35. The van der Waals surface area contributed by atoms with Crippen LogP contribution in [0.15, 0.2) is 22.9 Å². The van der Waals surface area contributed by atoms with Gasteiger partial charge in [-0.05, 0) is 32.8 Å². The summed E-state index contributed by atoms with van der Waals surface area (Å²) >= 11 is 0.